The van der Waals surface area contributed by atoms with E-state index in [2.05, 4.69) is 9.71 Å². The van der Waals surface area contributed by atoms with Gasteiger partial charge in [-0.3, -0.25) is 4.79 Å². The molecule has 114 valence electrons. The Balaban J connectivity index is 2.39. The topological polar surface area (TPSA) is 82.3 Å². The third kappa shape index (κ3) is 3.69. The highest BCUT2D eigenvalue weighted by molar-refractivity contribution is 7.88. The van der Waals surface area contributed by atoms with Crippen LogP contribution in [0.3, 0.4) is 0 Å². The number of likely N-dealkylation sites (N-methyl/N-ethyl adjacent to an activating group) is 1. The molecule has 0 saturated heterocycles. The first-order chi connectivity index (χ1) is 9.82. The summed E-state index contributed by atoms with van der Waals surface area (Å²) in [7, 11) is 1.72. The molecular formula is C14H19N3O3S. The van der Waals surface area contributed by atoms with E-state index in [1.807, 2.05) is 14.1 Å². The Hall–Kier alpha value is -1.70. The number of aromatic nitrogens is 1. The summed E-state index contributed by atoms with van der Waals surface area (Å²) in [5.74, 6) is -0.105. The number of nitrogens with one attached hydrogen (secondary N) is 2. The number of Topliss-reactive ketones (excluding diaryl/α,β-unsaturated/α-hetero) is 1. The van der Waals surface area contributed by atoms with E-state index < -0.39 is 10.0 Å². The molecule has 0 aliphatic rings. The molecule has 0 radical (unpaired) electrons. The predicted molar refractivity (Wildman–Crippen MR) is 82.9 cm³/mol. The summed E-state index contributed by atoms with van der Waals surface area (Å²) in [5.41, 5.74) is 2.06. The van der Waals surface area contributed by atoms with E-state index in [4.69, 9.17) is 0 Å². The predicted octanol–water partition coefficient (Wildman–Crippen LogP) is 0.961. The van der Waals surface area contributed by atoms with Crippen molar-refractivity contribution in [2.45, 2.75) is 5.75 Å². The third-order valence-electron chi connectivity index (χ3n) is 3.17. The standard InChI is InChI=1S/C14H19N3O3S/c1-15-21(19,20)9-10-4-5-13-11(6-10)12(7-16-13)14(18)8-17(2)3/h4-7,15-16H,8-9H2,1-3H3. The molecule has 0 spiro atoms. The molecule has 21 heavy (non-hydrogen) atoms. The van der Waals surface area contributed by atoms with Crippen molar-refractivity contribution in [2.24, 2.45) is 0 Å². The van der Waals surface area contributed by atoms with Gasteiger partial charge in [-0.05, 0) is 38.8 Å². The average molecular weight is 309 g/mol. The normalized spacial score (nSPS) is 12.2. The molecule has 0 aliphatic carbocycles. The minimum Gasteiger partial charge on any atom is -0.360 e. The molecule has 0 unspecified atom stereocenters. The van der Waals surface area contributed by atoms with Crippen LogP contribution in [0.25, 0.3) is 10.9 Å². The maximum absolute atomic E-state index is 12.2. The van der Waals surface area contributed by atoms with Gasteiger partial charge in [0.25, 0.3) is 0 Å². The van der Waals surface area contributed by atoms with Crippen LogP contribution in [0.4, 0.5) is 0 Å². The molecule has 7 heteroatoms. The summed E-state index contributed by atoms with van der Waals surface area (Å²) in [6.07, 6.45) is 1.67. The first-order valence-corrected chi connectivity index (χ1v) is 8.17. The zero-order valence-electron chi connectivity index (χ0n) is 12.3. The number of benzene rings is 1. The zero-order valence-corrected chi connectivity index (χ0v) is 13.1. The number of carbonyl (C=O) groups excluding carboxylic acids is 1. The molecule has 1 heterocycles. The van der Waals surface area contributed by atoms with Crippen LogP contribution in [-0.2, 0) is 15.8 Å². The first kappa shape index (κ1) is 15.7. The van der Waals surface area contributed by atoms with Gasteiger partial charge in [0, 0.05) is 22.7 Å². The fourth-order valence-corrected chi connectivity index (χ4v) is 2.91. The number of carbonyl (C=O) groups is 1. The van der Waals surface area contributed by atoms with Gasteiger partial charge in [0.2, 0.25) is 10.0 Å². The number of H-pyrrole nitrogens is 1. The molecule has 1 aromatic heterocycles. The molecule has 2 aromatic rings. The van der Waals surface area contributed by atoms with Crippen LogP contribution in [0, 0.1) is 0 Å². The molecule has 1 aromatic carbocycles. The SMILES string of the molecule is CNS(=O)(=O)Cc1ccc2[nH]cc(C(=O)CN(C)C)c2c1. The number of ketones is 1. The molecule has 0 saturated carbocycles. The highest BCUT2D eigenvalue weighted by Gasteiger charge is 2.15. The highest BCUT2D eigenvalue weighted by Crippen LogP contribution is 2.21. The molecule has 2 N–H and O–H groups in total. The van der Waals surface area contributed by atoms with Crippen LogP contribution in [0.5, 0.6) is 0 Å². The van der Waals surface area contributed by atoms with E-state index in [1.54, 1.807) is 29.3 Å². The van der Waals surface area contributed by atoms with Gasteiger partial charge in [-0.15, -0.1) is 0 Å². The summed E-state index contributed by atoms with van der Waals surface area (Å²) < 4.78 is 25.5. The molecular weight excluding hydrogens is 290 g/mol. The first-order valence-electron chi connectivity index (χ1n) is 6.51. The van der Waals surface area contributed by atoms with Gasteiger partial charge in [0.15, 0.2) is 5.78 Å². The Bertz CT molecular complexity index is 763. The minimum atomic E-state index is -3.33. The second-order valence-corrected chi connectivity index (χ2v) is 7.13. The summed E-state index contributed by atoms with van der Waals surface area (Å²) in [6, 6.07) is 5.29. The van der Waals surface area contributed by atoms with Crippen molar-refractivity contribution in [3.05, 3.63) is 35.5 Å². The van der Waals surface area contributed by atoms with Crippen LogP contribution < -0.4 is 4.72 Å². The monoisotopic (exact) mass is 309 g/mol. The van der Waals surface area contributed by atoms with E-state index in [9.17, 15) is 13.2 Å². The third-order valence-corrected chi connectivity index (χ3v) is 4.51. The van der Waals surface area contributed by atoms with Gasteiger partial charge in [-0.1, -0.05) is 6.07 Å². The Labute approximate surface area is 124 Å². The molecule has 0 fully saturated rings. The number of aromatic amines is 1. The van der Waals surface area contributed by atoms with Crippen molar-refractivity contribution >= 4 is 26.7 Å². The van der Waals surface area contributed by atoms with Gasteiger partial charge in [0.05, 0.1) is 12.3 Å². The Kier molecular flexibility index (Phi) is 4.46. The quantitative estimate of drug-likeness (QED) is 0.779. The Morgan fingerprint density at radius 2 is 2.05 bits per heavy atom. The summed E-state index contributed by atoms with van der Waals surface area (Å²) in [6.45, 7) is 0.312. The number of hydrogen-bond donors (Lipinski definition) is 2. The summed E-state index contributed by atoms with van der Waals surface area (Å²) >= 11 is 0. The average Bonchev–Trinajstić information content (AvgIpc) is 2.80. The molecule has 6 nitrogen and oxygen atoms in total. The molecule has 2 rings (SSSR count). The lowest BCUT2D eigenvalue weighted by atomic mass is 10.1. The molecule has 0 bridgehead atoms. The van der Waals surface area contributed by atoms with Gasteiger partial charge in [0.1, 0.15) is 0 Å². The lowest BCUT2D eigenvalue weighted by Gasteiger charge is -2.08. The van der Waals surface area contributed by atoms with Gasteiger partial charge < -0.3 is 9.88 Å². The van der Waals surface area contributed by atoms with Crippen LogP contribution in [-0.4, -0.2) is 51.8 Å². The number of rotatable bonds is 6. The van der Waals surface area contributed by atoms with E-state index >= 15 is 0 Å². The highest BCUT2D eigenvalue weighted by atomic mass is 32.2. The van der Waals surface area contributed by atoms with E-state index in [0.29, 0.717) is 17.7 Å². The molecule has 0 aliphatic heterocycles. The van der Waals surface area contributed by atoms with Crippen molar-refractivity contribution < 1.29 is 13.2 Å². The van der Waals surface area contributed by atoms with Crippen molar-refractivity contribution in [3.63, 3.8) is 0 Å². The maximum atomic E-state index is 12.2. The second-order valence-electron chi connectivity index (χ2n) is 5.21. The van der Waals surface area contributed by atoms with Gasteiger partial charge in [-0.2, -0.15) is 0 Å². The van der Waals surface area contributed by atoms with Crippen molar-refractivity contribution in [1.82, 2.24) is 14.6 Å². The summed E-state index contributed by atoms with van der Waals surface area (Å²) in [4.78, 5) is 17.0. The van der Waals surface area contributed by atoms with Gasteiger partial charge >= 0.3 is 0 Å². The second kappa shape index (κ2) is 5.97. The van der Waals surface area contributed by atoms with E-state index in [-0.39, 0.29) is 11.5 Å². The lowest BCUT2D eigenvalue weighted by Crippen LogP contribution is -2.21. The largest absolute Gasteiger partial charge is 0.360 e. The fraction of sp³-hybridized carbons (Fsp3) is 0.357. The van der Waals surface area contributed by atoms with Crippen molar-refractivity contribution in [1.29, 1.82) is 0 Å². The van der Waals surface area contributed by atoms with Crippen LogP contribution in [0.2, 0.25) is 0 Å². The zero-order chi connectivity index (χ0) is 15.6. The van der Waals surface area contributed by atoms with Crippen molar-refractivity contribution in [2.75, 3.05) is 27.7 Å². The molecule has 0 atom stereocenters. The van der Waals surface area contributed by atoms with Gasteiger partial charge in [-0.25, -0.2) is 13.1 Å². The lowest BCUT2D eigenvalue weighted by molar-refractivity contribution is 0.0959. The number of nitrogens with zero attached hydrogens (tertiary/aromatic N) is 1. The smallest absolute Gasteiger partial charge is 0.215 e. The van der Waals surface area contributed by atoms with E-state index in [0.717, 1.165) is 10.9 Å². The van der Waals surface area contributed by atoms with E-state index in [1.165, 1.54) is 7.05 Å². The maximum Gasteiger partial charge on any atom is 0.215 e. The Morgan fingerprint density at radius 3 is 2.67 bits per heavy atom. The molecule has 0 amide bonds. The van der Waals surface area contributed by atoms with Crippen LogP contribution >= 0.6 is 0 Å². The number of sulfonamides is 1. The Morgan fingerprint density at radius 1 is 1.33 bits per heavy atom. The number of fused-ring (bicyclic) bond motifs is 1. The van der Waals surface area contributed by atoms with Crippen LogP contribution in [0.1, 0.15) is 15.9 Å². The minimum absolute atomic E-state index is 0.000117. The van der Waals surface area contributed by atoms with Crippen LogP contribution in [0.15, 0.2) is 24.4 Å². The summed E-state index contributed by atoms with van der Waals surface area (Å²) in [5, 5.41) is 0.755. The number of hydrogen-bond acceptors (Lipinski definition) is 4. The van der Waals surface area contributed by atoms with Crippen molar-refractivity contribution in [3.8, 4) is 0 Å². The fourth-order valence-electron chi connectivity index (χ4n) is 2.15.